The third-order valence-corrected chi connectivity index (χ3v) is 3.61. The number of ketones is 1. The van der Waals surface area contributed by atoms with E-state index < -0.39 is 24.0 Å². The number of esters is 3. The molecule has 0 spiro atoms. The molecule has 7 heteroatoms. The average molecular weight is 314 g/mol. The van der Waals surface area contributed by atoms with Crippen LogP contribution in [0, 0.1) is 5.92 Å². The first kappa shape index (κ1) is 18.1. The van der Waals surface area contributed by atoms with E-state index >= 15 is 0 Å². The molecular weight excluding hydrogens is 292 g/mol. The molecule has 7 nitrogen and oxygen atoms in total. The maximum atomic E-state index is 12.0. The van der Waals surface area contributed by atoms with Crippen LogP contribution >= 0.6 is 0 Å². The lowest BCUT2D eigenvalue weighted by atomic mass is 9.95. The third-order valence-electron chi connectivity index (χ3n) is 3.61. The van der Waals surface area contributed by atoms with Crippen molar-refractivity contribution in [3.63, 3.8) is 0 Å². The first-order valence-electron chi connectivity index (χ1n) is 7.36. The second-order valence-corrected chi connectivity index (χ2v) is 5.20. The van der Waals surface area contributed by atoms with Crippen LogP contribution < -0.4 is 0 Å². The lowest BCUT2D eigenvalue weighted by molar-refractivity contribution is -0.153. The Morgan fingerprint density at radius 1 is 1.05 bits per heavy atom. The minimum Gasteiger partial charge on any atom is -0.469 e. The highest BCUT2D eigenvalue weighted by molar-refractivity contribution is 5.95. The van der Waals surface area contributed by atoms with Crippen LogP contribution in [0.1, 0.15) is 44.9 Å². The molecule has 22 heavy (non-hydrogen) atoms. The monoisotopic (exact) mass is 314 g/mol. The van der Waals surface area contributed by atoms with E-state index in [0.717, 1.165) is 12.8 Å². The van der Waals surface area contributed by atoms with Crippen molar-refractivity contribution in [3.8, 4) is 0 Å². The fraction of sp³-hybridized carbons (Fsp3) is 0.733. The van der Waals surface area contributed by atoms with Crippen molar-refractivity contribution in [1.82, 2.24) is 0 Å². The molecule has 1 heterocycles. The molecule has 0 radical (unpaired) electrons. The summed E-state index contributed by atoms with van der Waals surface area (Å²) in [6.45, 7) is 0. The van der Waals surface area contributed by atoms with E-state index in [1.54, 1.807) is 0 Å². The van der Waals surface area contributed by atoms with E-state index in [0.29, 0.717) is 19.3 Å². The van der Waals surface area contributed by atoms with Crippen molar-refractivity contribution in [3.05, 3.63) is 0 Å². The quantitative estimate of drug-likeness (QED) is 0.358. The highest BCUT2D eigenvalue weighted by Crippen LogP contribution is 2.25. The zero-order chi connectivity index (χ0) is 16.5. The topological polar surface area (TPSA) is 96.0 Å². The van der Waals surface area contributed by atoms with Gasteiger partial charge in [-0.05, 0) is 12.8 Å². The number of carbonyl (C=O) groups excluding carboxylic acids is 4. The van der Waals surface area contributed by atoms with Gasteiger partial charge in [-0.3, -0.25) is 19.2 Å². The molecule has 0 bridgehead atoms. The maximum Gasteiger partial charge on any atom is 0.313 e. The van der Waals surface area contributed by atoms with Gasteiger partial charge in [0, 0.05) is 12.8 Å². The highest BCUT2D eigenvalue weighted by Gasteiger charge is 2.44. The van der Waals surface area contributed by atoms with Gasteiger partial charge < -0.3 is 14.2 Å². The van der Waals surface area contributed by atoms with Gasteiger partial charge >= 0.3 is 17.9 Å². The molecule has 0 saturated carbocycles. The normalized spacial score (nSPS) is 20.4. The Bertz CT molecular complexity index is 430. The molecule has 124 valence electrons. The van der Waals surface area contributed by atoms with Crippen molar-refractivity contribution >= 4 is 23.7 Å². The predicted molar refractivity (Wildman–Crippen MR) is 74.7 cm³/mol. The number of Topliss-reactive ketones (excluding diaryl/α,β-unsaturated/α-hetero) is 1. The first-order valence-corrected chi connectivity index (χ1v) is 7.36. The SMILES string of the molecule is COC(=O)CCCCCCC(=O)[C@H]1OC(=O)C[C@@H]1C(=O)OC. The zero-order valence-electron chi connectivity index (χ0n) is 13.0. The van der Waals surface area contributed by atoms with Crippen LogP contribution in [0.3, 0.4) is 0 Å². The van der Waals surface area contributed by atoms with Crippen molar-refractivity contribution in [2.45, 2.75) is 51.0 Å². The minimum absolute atomic E-state index is 0.109. The fourth-order valence-electron chi connectivity index (χ4n) is 2.37. The number of cyclic esters (lactones) is 1. The van der Waals surface area contributed by atoms with Crippen LogP contribution in [-0.4, -0.2) is 44.0 Å². The van der Waals surface area contributed by atoms with Gasteiger partial charge in [0.25, 0.3) is 0 Å². The van der Waals surface area contributed by atoms with Crippen molar-refractivity contribution in [2.24, 2.45) is 5.92 Å². The van der Waals surface area contributed by atoms with E-state index in [1.165, 1.54) is 14.2 Å². The second-order valence-electron chi connectivity index (χ2n) is 5.20. The fourth-order valence-corrected chi connectivity index (χ4v) is 2.37. The van der Waals surface area contributed by atoms with Gasteiger partial charge in [-0.2, -0.15) is 0 Å². The van der Waals surface area contributed by atoms with Crippen molar-refractivity contribution < 1.29 is 33.4 Å². The lowest BCUT2D eigenvalue weighted by Crippen LogP contribution is -2.32. The van der Waals surface area contributed by atoms with E-state index in [9.17, 15) is 19.2 Å². The molecule has 0 amide bonds. The summed E-state index contributed by atoms with van der Waals surface area (Å²) in [5.74, 6) is -2.47. The first-order chi connectivity index (χ1) is 10.5. The third kappa shape index (κ3) is 5.46. The van der Waals surface area contributed by atoms with Gasteiger partial charge in [0.1, 0.15) is 5.92 Å². The maximum absolute atomic E-state index is 12.0. The summed E-state index contributed by atoms with van der Waals surface area (Å²) in [6, 6.07) is 0. The Hall–Kier alpha value is -1.92. The predicted octanol–water partition coefficient (Wildman–Crippen LogP) is 1.17. The standard InChI is InChI=1S/C15H22O7/c1-20-12(17)8-6-4-3-5-7-11(16)14-10(15(19)21-2)9-13(18)22-14/h10,14H,3-9H2,1-2H3/t10-,14-/m0/s1. The van der Waals surface area contributed by atoms with Gasteiger partial charge in [-0.15, -0.1) is 0 Å². The molecule has 0 N–H and O–H groups in total. The summed E-state index contributed by atoms with van der Waals surface area (Å²) in [5, 5.41) is 0. The molecule has 0 aromatic heterocycles. The van der Waals surface area contributed by atoms with Crippen LogP contribution in [0.15, 0.2) is 0 Å². The van der Waals surface area contributed by atoms with Gasteiger partial charge in [-0.25, -0.2) is 0 Å². The van der Waals surface area contributed by atoms with E-state index in [2.05, 4.69) is 9.47 Å². The Kier molecular flexibility index (Phi) is 7.56. The molecule has 0 aliphatic carbocycles. The van der Waals surface area contributed by atoms with Crippen molar-refractivity contribution in [1.29, 1.82) is 0 Å². The second kappa shape index (κ2) is 9.17. The summed E-state index contributed by atoms with van der Waals surface area (Å²) >= 11 is 0. The molecule has 1 rings (SSSR count). The number of hydrogen-bond donors (Lipinski definition) is 0. The molecular formula is C15H22O7. The van der Waals surface area contributed by atoms with Crippen LogP contribution in [0.2, 0.25) is 0 Å². The Balaban J connectivity index is 2.28. The summed E-state index contributed by atoms with van der Waals surface area (Å²) in [7, 11) is 2.57. The minimum atomic E-state index is -1.02. The highest BCUT2D eigenvalue weighted by atomic mass is 16.6. The van der Waals surface area contributed by atoms with Gasteiger partial charge in [0.05, 0.1) is 20.6 Å². The average Bonchev–Trinajstić information content (AvgIpc) is 2.91. The van der Waals surface area contributed by atoms with Gasteiger partial charge in [0.2, 0.25) is 0 Å². The summed E-state index contributed by atoms with van der Waals surface area (Å²) < 4.78 is 14.1. The van der Waals surface area contributed by atoms with E-state index in [1.807, 2.05) is 0 Å². The number of methoxy groups -OCH3 is 2. The smallest absolute Gasteiger partial charge is 0.313 e. The largest absolute Gasteiger partial charge is 0.469 e. The summed E-state index contributed by atoms with van der Waals surface area (Å²) in [6.07, 6.45) is 2.42. The molecule has 1 aliphatic rings. The Morgan fingerprint density at radius 3 is 2.27 bits per heavy atom. The zero-order valence-corrected chi connectivity index (χ0v) is 13.0. The van der Waals surface area contributed by atoms with Crippen molar-refractivity contribution in [2.75, 3.05) is 14.2 Å². The number of rotatable bonds is 9. The number of unbranched alkanes of at least 4 members (excludes halogenated alkanes) is 3. The molecule has 1 saturated heterocycles. The molecule has 0 aromatic rings. The number of hydrogen-bond acceptors (Lipinski definition) is 7. The Morgan fingerprint density at radius 2 is 1.68 bits per heavy atom. The van der Waals surface area contributed by atoms with Crippen LogP contribution in [0.4, 0.5) is 0 Å². The van der Waals surface area contributed by atoms with Gasteiger partial charge in [-0.1, -0.05) is 12.8 Å². The van der Waals surface area contributed by atoms with Crippen LogP contribution in [-0.2, 0) is 33.4 Å². The molecule has 0 unspecified atom stereocenters. The van der Waals surface area contributed by atoms with E-state index in [-0.39, 0.29) is 24.6 Å². The molecule has 0 aromatic carbocycles. The van der Waals surface area contributed by atoms with E-state index in [4.69, 9.17) is 4.74 Å². The Labute approximate surface area is 129 Å². The molecule has 1 aliphatic heterocycles. The molecule has 1 fully saturated rings. The van der Waals surface area contributed by atoms with Crippen LogP contribution in [0.25, 0.3) is 0 Å². The van der Waals surface area contributed by atoms with Crippen LogP contribution in [0.5, 0.6) is 0 Å². The number of ether oxygens (including phenoxy) is 3. The lowest BCUT2D eigenvalue weighted by Gasteiger charge is -2.14. The summed E-state index contributed by atoms with van der Waals surface area (Å²) in [5.41, 5.74) is 0. The number of carbonyl (C=O) groups is 4. The summed E-state index contributed by atoms with van der Waals surface area (Å²) in [4.78, 5) is 45.8. The molecule has 2 atom stereocenters. The van der Waals surface area contributed by atoms with Gasteiger partial charge in [0.15, 0.2) is 11.9 Å².